The first kappa shape index (κ1) is 21.2. The molecule has 2 fully saturated rings. The average Bonchev–Trinajstić information content (AvgIpc) is 3.38. The summed E-state index contributed by atoms with van der Waals surface area (Å²) in [6, 6.07) is 5.49. The van der Waals surface area contributed by atoms with Crippen LogP contribution in [0.2, 0.25) is 0 Å². The van der Waals surface area contributed by atoms with E-state index in [2.05, 4.69) is 25.7 Å². The van der Waals surface area contributed by atoms with Gasteiger partial charge < -0.3 is 14.8 Å². The molecule has 9 nitrogen and oxygen atoms in total. The molecule has 178 valence electrons. The zero-order chi connectivity index (χ0) is 23.3. The standard InChI is InChI=1S/C23H25F2N7O2/c1-33-21-20-19(14-2-3-17-18(10-14)31(9-8-24)30-28-17)16(25)11-32(20)29-22(27-21)26-15-4-6-23(7-5-15)12-34-13-23/h2-3,10-11,15H,4-9,12-13H2,1H3,(H,26,29). The topological polar surface area (TPSA) is 91.4 Å². The molecule has 0 radical (unpaired) electrons. The van der Waals surface area contributed by atoms with Gasteiger partial charge in [0.05, 0.1) is 44.1 Å². The van der Waals surface area contributed by atoms with E-state index in [1.54, 1.807) is 18.2 Å². The molecule has 0 unspecified atom stereocenters. The van der Waals surface area contributed by atoms with E-state index in [1.165, 1.54) is 22.5 Å². The maximum absolute atomic E-state index is 15.2. The zero-order valence-electron chi connectivity index (χ0n) is 18.8. The van der Waals surface area contributed by atoms with Crippen molar-refractivity contribution >= 4 is 22.5 Å². The summed E-state index contributed by atoms with van der Waals surface area (Å²) in [4.78, 5) is 4.55. The van der Waals surface area contributed by atoms with Gasteiger partial charge in [0.1, 0.15) is 17.7 Å². The quantitative estimate of drug-likeness (QED) is 0.461. The number of alkyl halides is 1. The molecule has 0 atom stereocenters. The first-order valence-electron chi connectivity index (χ1n) is 11.5. The van der Waals surface area contributed by atoms with Gasteiger partial charge in [0.2, 0.25) is 11.8 Å². The Morgan fingerprint density at radius 1 is 1.26 bits per heavy atom. The average molecular weight is 469 g/mol. The number of hydrogen-bond donors (Lipinski definition) is 1. The Morgan fingerprint density at radius 2 is 2.09 bits per heavy atom. The fourth-order valence-electron chi connectivity index (χ4n) is 5.10. The van der Waals surface area contributed by atoms with Crippen molar-refractivity contribution < 1.29 is 18.3 Å². The van der Waals surface area contributed by atoms with Crippen LogP contribution in [-0.2, 0) is 11.3 Å². The number of nitrogens with one attached hydrogen (secondary N) is 1. The maximum Gasteiger partial charge on any atom is 0.244 e. The number of ether oxygens (including phenoxy) is 2. The highest BCUT2D eigenvalue weighted by atomic mass is 19.1. The van der Waals surface area contributed by atoms with Gasteiger partial charge in [-0.2, -0.15) is 4.98 Å². The molecule has 0 amide bonds. The minimum absolute atomic E-state index is 0.0791. The van der Waals surface area contributed by atoms with Crippen LogP contribution < -0.4 is 10.1 Å². The molecular weight excluding hydrogens is 444 g/mol. The molecule has 1 saturated carbocycles. The van der Waals surface area contributed by atoms with E-state index in [0.717, 1.165) is 38.9 Å². The van der Waals surface area contributed by atoms with Crippen LogP contribution in [0.4, 0.5) is 14.7 Å². The summed E-state index contributed by atoms with van der Waals surface area (Å²) in [5, 5.41) is 15.9. The van der Waals surface area contributed by atoms with Crippen molar-refractivity contribution in [3.63, 3.8) is 0 Å². The molecule has 4 heterocycles. The molecule has 6 rings (SSSR count). The van der Waals surface area contributed by atoms with Crippen LogP contribution in [-0.4, -0.2) is 62.6 Å². The third-order valence-electron chi connectivity index (χ3n) is 7.04. The van der Waals surface area contributed by atoms with Crippen molar-refractivity contribution in [3.05, 3.63) is 30.2 Å². The number of benzene rings is 1. The largest absolute Gasteiger partial charge is 0.479 e. The summed E-state index contributed by atoms with van der Waals surface area (Å²) in [5.74, 6) is 0.210. The smallest absolute Gasteiger partial charge is 0.244 e. The van der Waals surface area contributed by atoms with Gasteiger partial charge in [-0.15, -0.1) is 10.2 Å². The lowest BCUT2D eigenvalue weighted by molar-refractivity contribution is -0.131. The lowest BCUT2D eigenvalue weighted by Crippen LogP contribution is -2.47. The molecule has 1 spiro atoms. The van der Waals surface area contributed by atoms with E-state index in [1.807, 2.05) is 0 Å². The van der Waals surface area contributed by atoms with Crippen molar-refractivity contribution in [2.24, 2.45) is 5.41 Å². The summed E-state index contributed by atoms with van der Waals surface area (Å²) < 4.78 is 42.0. The van der Waals surface area contributed by atoms with Gasteiger partial charge in [-0.3, -0.25) is 0 Å². The summed E-state index contributed by atoms with van der Waals surface area (Å²) in [7, 11) is 1.51. The second kappa shape index (κ2) is 8.15. The van der Waals surface area contributed by atoms with E-state index in [-0.39, 0.29) is 18.5 Å². The Hall–Kier alpha value is -3.34. The van der Waals surface area contributed by atoms with Gasteiger partial charge in [-0.05, 0) is 43.4 Å². The molecule has 11 heteroatoms. The molecule has 0 bridgehead atoms. The number of fused-ring (bicyclic) bond motifs is 2. The molecule has 1 N–H and O–H groups in total. The van der Waals surface area contributed by atoms with Gasteiger partial charge >= 0.3 is 0 Å². The van der Waals surface area contributed by atoms with Crippen molar-refractivity contribution in [2.75, 3.05) is 32.3 Å². The Labute approximate surface area is 194 Å². The Morgan fingerprint density at radius 3 is 2.79 bits per heavy atom. The minimum atomic E-state index is -0.570. The molecule has 4 aromatic rings. The highest BCUT2D eigenvalue weighted by molar-refractivity contribution is 5.89. The van der Waals surface area contributed by atoms with Crippen LogP contribution in [0.5, 0.6) is 5.88 Å². The molecule has 1 aliphatic carbocycles. The van der Waals surface area contributed by atoms with Crippen LogP contribution in [0.1, 0.15) is 25.7 Å². The van der Waals surface area contributed by atoms with Gasteiger partial charge in [0.25, 0.3) is 0 Å². The number of halogens is 2. The number of anilines is 1. The number of aromatic nitrogens is 6. The predicted molar refractivity (Wildman–Crippen MR) is 121 cm³/mol. The number of rotatable bonds is 6. The van der Waals surface area contributed by atoms with E-state index in [9.17, 15) is 4.39 Å². The normalized spacial score (nSPS) is 18.0. The van der Waals surface area contributed by atoms with Gasteiger partial charge in [0, 0.05) is 11.5 Å². The molecule has 3 aromatic heterocycles. The van der Waals surface area contributed by atoms with Gasteiger partial charge in [-0.25, -0.2) is 18.0 Å². The highest BCUT2D eigenvalue weighted by Crippen LogP contribution is 2.43. The first-order chi connectivity index (χ1) is 16.6. The summed E-state index contributed by atoms with van der Waals surface area (Å²) in [5.41, 5.74) is 2.90. The monoisotopic (exact) mass is 469 g/mol. The fourth-order valence-corrected chi connectivity index (χ4v) is 5.10. The number of hydrogen-bond acceptors (Lipinski definition) is 7. The zero-order valence-corrected chi connectivity index (χ0v) is 18.8. The molecule has 2 aliphatic rings. The molecule has 1 aliphatic heterocycles. The lowest BCUT2D eigenvalue weighted by atomic mass is 9.71. The van der Waals surface area contributed by atoms with Gasteiger partial charge in [-0.1, -0.05) is 11.3 Å². The van der Waals surface area contributed by atoms with Crippen molar-refractivity contribution in [1.29, 1.82) is 0 Å². The molecular formula is C23H25F2N7O2. The second-order valence-electron chi connectivity index (χ2n) is 9.21. The summed E-state index contributed by atoms with van der Waals surface area (Å²) in [6.45, 7) is 1.23. The molecule has 1 aromatic carbocycles. The predicted octanol–water partition coefficient (Wildman–Crippen LogP) is 3.63. The van der Waals surface area contributed by atoms with E-state index in [0.29, 0.717) is 39.0 Å². The SMILES string of the molecule is COc1nc(NC2CCC3(CC2)COC3)nn2cc(F)c(-c3ccc4nnn(CCF)c4c3)c12. The fraction of sp³-hybridized carbons (Fsp3) is 0.478. The van der Waals surface area contributed by atoms with Crippen molar-refractivity contribution in [1.82, 2.24) is 29.6 Å². The Bertz CT molecular complexity index is 1350. The maximum atomic E-state index is 15.2. The Kier molecular flexibility index (Phi) is 5.09. The van der Waals surface area contributed by atoms with Crippen LogP contribution in [0.25, 0.3) is 27.7 Å². The summed E-state index contributed by atoms with van der Waals surface area (Å²) in [6.07, 6.45) is 5.58. The molecule has 34 heavy (non-hydrogen) atoms. The second-order valence-corrected chi connectivity index (χ2v) is 9.21. The highest BCUT2D eigenvalue weighted by Gasteiger charge is 2.41. The Balaban J connectivity index is 1.35. The number of aryl methyl sites for hydroxylation is 1. The third-order valence-corrected chi connectivity index (χ3v) is 7.04. The van der Waals surface area contributed by atoms with E-state index in [4.69, 9.17) is 9.47 Å². The van der Waals surface area contributed by atoms with Crippen molar-refractivity contribution in [2.45, 2.75) is 38.3 Å². The van der Waals surface area contributed by atoms with E-state index < -0.39 is 12.5 Å². The van der Waals surface area contributed by atoms with Gasteiger partial charge in [0.15, 0.2) is 5.82 Å². The van der Waals surface area contributed by atoms with Crippen LogP contribution in [0.3, 0.4) is 0 Å². The molecule has 1 saturated heterocycles. The summed E-state index contributed by atoms with van der Waals surface area (Å²) >= 11 is 0. The number of nitrogens with zero attached hydrogens (tertiary/aromatic N) is 6. The van der Waals surface area contributed by atoms with Crippen molar-refractivity contribution in [3.8, 4) is 17.0 Å². The third kappa shape index (κ3) is 3.46. The lowest BCUT2D eigenvalue weighted by Gasteiger charge is -2.46. The van der Waals surface area contributed by atoms with E-state index >= 15 is 4.39 Å². The van der Waals surface area contributed by atoms with Crippen LogP contribution in [0.15, 0.2) is 24.4 Å². The first-order valence-corrected chi connectivity index (χ1v) is 11.5. The van der Waals surface area contributed by atoms with Crippen LogP contribution in [0, 0.1) is 11.2 Å². The number of methoxy groups -OCH3 is 1. The van der Waals surface area contributed by atoms with Crippen LogP contribution >= 0.6 is 0 Å². The minimum Gasteiger partial charge on any atom is -0.479 e.